The van der Waals surface area contributed by atoms with E-state index in [0.717, 1.165) is 5.92 Å². The van der Waals surface area contributed by atoms with E-state index in [0.29, 0.717) is 23.7 Å². The Morgan fingerprint density at radius 1 is 1.36 bits per heavy atom. The second kappa shape index (κ2) is 3.21. The Morgan fingerprint density at radius 3 is 2.43 bits per heavy atom. The van der Waals surface area contributed by atoms with Crippen molar-refractivity contribution < 1.29 is 4.74 Å². The molecule has 2 nitrogen and oxygen atoms in total. The molecule has 0 aromatic rings. The molecule has 1 aliphatic carbocycles. The molecule has 2 fully saturated rings. The molecular formula is C12H23NO. The van der Waals surface area contributed by atoms with E-state index in [4.69, 9.17) is 4.74 Å². The molecule has 0 radical (unpaired) electrons. The van der Waals surface area contributed by atoms with Crippen LogP contribution in [0.15, 0.2) is 0 Å². The SMILES string of the molecule is CC(C)O[C@@H](C)C1C2C[C@@]2(C)CN1C. The van der Waals surface area contributed by atoms with Crippen molar-refractivity contribution in [2.24, 2.45) is 11.3 Å². The summed E-state index contributed by atoms with van der Waals surface area (Å²) in [5, 5.41) is 0. The predicted octanol–water partition coefficient (Wildman–Crippen LogP) is 2.14. The van der Waals surface area contributed by atoms with Crippen LogP contribution in [0.5, 0.6) is 0 Å². The lowest BCUT2D eigenvalue weighted by Crippen LogP contribution is -2.40. The highest BCUT2D eigenvalue weighted by Crippen LogP contribution is 2.60. The molecule has 14 heavy (non-hydrogen) atoms. The van der Waals surface area contributed by atoms with E-state index in [2.05, 4.69) is 39.6 Å². The maximum atomic E-state index is 5.90. The normalized spacial score (nSPS) is 44.1. The van der Waals surface area contributed by atoms with Crippen molar-refractivity contribution in [2.75, 3.05) is 13.6 Å². The van der Waals surface area contributed by atoms with E-state index in [1.54, 1.807) is 0 Å². The highest BCUT2D eigenvalue weighted by Gasteiger charge is 2.61. The van der Waals surface area contributed by atoms with E-state index in [9.17, 15) is 0 Å². The van der Waals surface area contributed by atoms with Crippen LogP contribution in [0.4, 0.5) is 0 Å². The predicted molar refractivity (Wildman–Crippen MR) is 58.3 cm³/mol. The summed E-state index contributed by atoms with van der Waals surface area (Å²) in [4.78, 5) is 2.49. The molecule has 1 saturated carbocycles. The van der Waals surface area contributed by atoms with Gasteiger partial charge in [-0.3, -0.25) is 4.90 Å². The lowest BCUT2D eigenvalue weighted by Gasteiger charge is -2.30. The first-order valence-corrected chi connectivity index (χ1v) is 5.80. The van der Waals surface area contributed by atoms with E-state index < -0.39 is 0 Å². The topological polar surface area (TPSA) is 12.5 Å². The van der Waals surface area contributed by atoms with Crippen LogP contribution in [0.1, 0.15) is 34.1 Å². The van der Waals surface area contributed by atoms with E-state index in [-0.39, 0.29) is 0 Å². The van der Waals surface area contributed by atoms with E-state index >= 15 is 0 Å². The van der Waals surface area contributed by atoms with Crippen LogP contribution in [-0.4, -0.2) is 36.7 Å². The second-order valence-electron chi connectivity index (χ2n) is 5.76. The van der Waals surface area contributed by atoms with E-state index in [1.165, 1.54) is 13.0 Å². The Morgan fingerprint density at radius 2 is 2.00 bits per heavy atom. The first kappa shape index (κ1) is 10.4. The molecule has 1 aliphatic heterocycles. The van der Waals surface area contributed by atoms with Crippen LogP contribution >= 0.6 is 0 Å². The van der Waals surface area contributed by atoms with Crippen molar-refractivity contribution in [3.63, 3.8) is 0 Å². The highest BCUT2D eigenvalue weighted by atomic mass is 16.5. The summed E-state index contributed by atoms with van der Waals surface area (Å²) < 4.78 is 5.90. The maximum absolute atomic E-state index is 5.90. The van der Waals surface area contributed by atoms with Crippen molar-refractivity contribution in [3.05, 3.63) is 0 Å². The van der Waals surface area contributed by atoms with Gasteiger partial charge in [0.1, 0.15) is 0 Å². The van der Waals surface area contributed by atoms with Gasteiger partial charge in [0.25, 0.3) is 0 Å². The Bertz CT molecular complexity index is 228. The molecule has 2 heteroatoms. The third-order valence-electron chi connectivity index (χ3n) is 3.92. The molecule has 2 rings (SSSR count). The van der Waals surface area contributed by atoms with Gasteiger partial charge in [0.2, 0.25) is 0 Å². The number of fused-ring (bicyclic) bond motifs is 1. The van der Waals surface area contributed by atoms with Crippen LogP contribution in [0, 0.1) is 11.3 Å². The molecule has 0 N–H and O–H groups in total. The van der Waals surface area contributed by atoms with Gasteiger partial charge >= 0.3 is 0 Å². The summed E-state index contributed by atoms with van der Waals surface area (Å²) >= 11 is 0. The molecule has 82 valence electrons. The maximum Gasteiger partial charge on any atom is 0.0708 e. The number of hydrogen-bond donors (Lipinski definition) is 0. The monoisotopic (exact) mass is 197 g/mol. The molecule has 1 heterocycles. The average molecular weight is 197 g/mol. The minimum atomic E-state index is 0.351. The lowest BCUT2D eigenvalue weighted by atomic mass is 10.0. The van der Waals surface area contributed by atoms with Crippen LogP contribution in [0.3, 0.4) is 0 Å². The summed E-state index contributed by atoms with van der Waals surface area (Å²) in [6.45, 7) is 10.1. The summed E-state index contributed by atoms with van der Waals surface area (Å²) in [6.07, 6.45) is 2.15. The number of piperidine rings is 1. The fourth-order valence-electron chi connectivity index (χ4n) is 3.34. The average Bonchev–Trinajstić information content (AvgIpc) is 2.52. The zero-order valence-corrected chi connectivity index (χ0v) is 10.1. The first-order valence-electron chi connectivity index (χ1n) is 5.80. The Labute approximate surface area is 87.6 Å². The number of likely N-dealkylation sites (tertiary alicyclic amines) is 1. The van der Waals surface area contributed by atoms with E-state index in [1.807, 2.05) is 0 Å². The minimum absolute atomic E-state index is 0.351. The van der Waals surface area contributed by atoms with Crippen molar-refractivity contribution in [1.29, 1.82) is 0 Å². The summed E-state index contributed by atoms with van der Waals surface area (Å²) in [6, 6.07) is 0.655. The molecule has 0 amide bonds. The third-order valence-corrected chi connectivity index (χ3v) is 3.92. The molecule has 4 atom stereocenters. The molecule has 0 spiro atoms. The molecule has 2 unspecified atom stereocenters. The third kappa shape index (κ3) is 1.59. The quantitative estimate of drug-likeness (QED) is 0.687. The van der Waals surface area contributed by atoms with Crippen molar-refractivity contribution in [1.82, 2.24) is 4.90 Å². The van der Waals surface area contributed by atoms with Gasteiger partial charge < -0.3 is 4.74 Å². The zero-order valence-electron chi connectivity index (χ0n) is 10.1. The number of nitrogens with zero attached hydrogens (tertiary/aromatic N) is 1. The summed E-state index contributed by atoms with van der Waals surface area (Å²) in [5.41, 5.74) is 0.619. The fourth-order valence-corrected chi connectivity index (χ4v) is 3.34. The van der Waals surface area contributed by atoms with Crippen LogP contribution in [0.2, 0.25) is 0 Å². The standard InChI is InChI=1S/C12H23NO/c1-8(2)14-9(3)11-10-6-12(10,4)7-13(11)5/h8-11H,6-7H2,1-5H3/t9-,10?,11?,12-/m0/s1. The van der Waals surface area contributed by atoms with Crippen molar-refractivity contribution in [2.45, 2.75) is 52.4 Å². The Kier molecular flexibility index (Phi) is 2.39. The van der Waals surface area contributed by atoms with Crippen LogP contribution in [0.25, 0.3) is 0 Å². The van der Waals surface area contributed by atoms with Crippen molar-refractivity contribution >= 4 is 0 Å². The van der Waals surface area contributed by atoms with Gasteiger partial charge in [-0.05, 0) is 45.6 Å². The van der Waals surface area contributed by atoms with Crippen LogP contribution < -0.4 is 0 Å². The lowest BCUT2D eigenvalue weighted by molar-refractivity contribution is -0.0271. The van der Waals surface area contributed by atoms with Crippen LogP contribution in [-0.2, 0) is 4.74 Å². The zero-order chi connectivity index (χ0) is 10.5. The molecule has 0 aromatic heterocycles. The number of likely N-dealkylation sites (N-methyl/N-ethyl adjacent to an activating group) is 1. The number of rotatable bonds is 3. The van der Waals surface area contributed by atoms with Gasteiger partial charge in [-0.2, -0.15) is 0 Å². The van der Waals surface area contributed by atoms with Gasteiger partial charge in [0, 0.05) is 12.6 Å². The number of ether oxygens (including phenoxy) is 1. The first-order chi connectivity index (χ1) is 6.44. The van der Waals surface area contributed by atoms with Gasteiger partial charge in [-0.25, -0.2) is 0 Å². The number of hydrogen-bond acceptors (Lipinski definition) is 2. The summed E-state index contributed by atoms with van der Waals surface area (Å²) in [7, 11) is 2.24. The Balaban J connectivity index is 1.97. The molecule has 0 bridgehead atoms. The largest absolute Gasteiger partial charge is 0.374 e. The molecule has 2 aliphatic rings. The fraction of sp³-hybridized carbons (Fsp3) is 1.00. The minimum Gasteiger partial charge on any atom is -0.374 e. The second-order valence-corrected chi connectivity index (χ2v) is 5.76. The van der Waals surface area contributed by atoms with Gasteiger partial charge in [0.15, 0.2) is 0 Å². The smallest absolute Gasteiger partial charge is 0.0708 e. The van der Waals surface area contributed by atoms with Gasteiger partial charge in [0.05, 0.1) is 12.2 Å². The molecule has 1 saturated heterocycles. The molecular weight excluding hydrogens is 174 g/mol. The summed E-state index contributed by atoms with van der Waals surface area (Å²) in [5.74, 6) is 0.890. The Hall–Kier alpha value is -0.0800. The van der Waals surface area contributed by atoms with Gasteiger partial charge in [-0.1, -0.05) is 6.92 Å². The highest BCUT2D eigenvalue weighted by molar-refractivity contribution is 5.13. The van der Waals surface area contributed by atoms with Gasteiger partial charge in [-0.15, -0.1) is 0 Å². The van der Waals surface area contributed by atoms with Crippen molar-refractivity contribution in [3.8, 4) is 0 Å². The molecule has 0 aromatic carbocycles.